The molecule has 2 fully saturated rings. The van der Waals surface area contributed by atoms with Gasteiger partial charge in [-0.25, -0.2) is 9.18 Å². The molecule has 1 saturated heterocycles. The molecular formula is C25H26FN3O4S. The summed E-state index contributed by atoms with van der Waals surface area (Å²) in [5.41, 5.74) is -0.520. The minimum absolute atomic E-state index is 0.0209. The van der Waals surface area contributed by atoms with Gasteiger partial charge in [0, 0.05) is 30.7 Å². The van der Waals surface area contributed by atoms with Crippen LogP contribution in [0, 0.1) is 5.82 Å². The predicted molar refractivity (Wildman–Crippen MR) is 130 cm³/mol. The Morgan fingerprint density at radius 2 is 1.94 bits per heavy atom. The quantitative estimate of drug-likeness (QED) is 0.540. The second kappa shape index (κ2) is 9.31. The van der Waals surface area contributed by atoms with Crippen LogP contribution in [0.15, 0.2) is 40.6 Å². The molecule has 0 radical (unpaired) electrons. The van der Waals surface area contributed by atoms with Crippen molar-refractivity contribution in [3.63, 3.8) is 0 Å². The van der Waals surface area contributed by atoms with Gasteiger partial charge in [0.25, 0.3) is 5.91 Å². The van der Waals surface area contributed by atoms with Crippen molar-refractivity contribution in [1.82, 2.24) is 9.47 Å². The van der Waals surface area contributed by atoms with Crippen LogP contribution in [0.5, 0.6) is 0 Å². The van der Waals surface area contributed by atoms with Gasteiger partial charge in [-0.15, -0.1) is 11.3 Å². The van der Waals surface area contributed by atoms with E-state index >= 15 is 4.39 Å². The summed E-state index contributed by atoms with van der Waals surface area (Å²) >= 11 is 1.30. The number of halogens is 1. The van der Waals surface area contributed by atoms with E-state index in [0.29, 0.717) is 23.5 Å². The van der Waals surface area contributed by atoms with Gasteiger partial charge in [-0.1, -0.05) is 12.5 Å². The van der Waals surface area contributed by atoms with Crippen LogP contribution in [0.3, 0.4) is 0 Å². The number of carbonyl (C=O) groups excluding carboxylic acids is 1. The number of aromatic nitrogens is 1. The third-order valence-corrected chi connectivity index (χ3v) is 7.49. The molecular weight excluding hydrogens is 457 g/mol. The number of aromatic carboxylic acids is 1. The van der Waals surface area contributed by atoms with E-state index in [2.05, 4.69) is 4.90 Å². The maximum absolute atomic E-state index is 15.5. The molecule has 1 aliphatic heterocycles. The van der Waals surface area contributed by atoms with Crippen molar-refractivity contribution >= 4 is 39.8 Å². The number of likely N-dealkylation sites (tertiary alicyclic amines) is 1. The summed E-state index contributed by atoms with van der Waals surface area (Å²) in [5, 5.41) is 11.3. The lowest BCUT2D eigenvalue weighted by Gasteiger charge is -2.30. The summed E-state index contributed by atoms with van der Waals surface area (Å²) in [6, 6.07) is 6.20. The lowest BCUT2D eigenvalue weighted by Crippen LogP contribution is -2.41. The van der Waals surface area contributed by atoms with E-state index in [1.165, 1.54) is 34.9 Å². The van der Waals surface area contributed by atoms with Crippen LogP contribution in [0.2, 0.25) is 0 Å². The number of piperidine rings is 1. The highest BCUT2D eigenvalue weighted by atomic mass is 32.1. The van der Waals surface area contributed by atoms with E-state index in [-0.39, 0.29) is 28.6 Å². The number of rotatable bonds is 7. The average molecular weight is 484 g/mol. The average Bonchev–Trinajstić information content (AvgIpc) is 3.52. The highest BCUT2D eigenvalue weighted by Crippen LogP contribution is 2.38. The van der Waals surface area contributed by atoms with E-state index in [1.54, 1.807) is 16.7 Å². The fraction of sp³-hybridized carbons (Fsp3) is 0.400. The molecule has 34 heavy (non-hydrogen) atoms. The van der Waals surface area contributed by atoms with E-state index in [0.717, 1.165) is 44.8 Å². The first-order valence-electron chi connectivity index (χ1n) is 11.6. The number of anilines is 1. The van der Waals surface area contributed by atoms with Gasteiger partial charge in [0.05, 0.1) is 16.1 Å². The number of benzene rings is 1. The lowest BCUT2D eigenvalue weighted by molar-refractivity contribution is 0.0694. The number of hydrogen-bond donors (Lipinski definition) is 1. The number of amides is 1. The number of nitrogens with zero attached hydrogens (tertiary/aromatic N) is 3. The summed E-state index contributed by atoms with van der Waals surface area (Å²) in [4.78, 5) is 42.1. The van der Waals surface area contributed by atoms with Gasteiger partial charge in [0.15, 0.2) is 0 Å². The maximum atomic E-state index is 15.5. The molecule has 1 amide bonds. The van der Waals surface area contributed by atoms with Crippen LogP contribution >= 0.6 is 11.3 Å². The fourth-order valence-electron chi connectivity index (χ4n) is 4.66. The minimum Gasteiger partial charge on any atom is -0.477 e. The highest BCUT2D eigenvalue weighted by molar-refractivity contribution is 7.12. The number of hydrogen-bond acceptors (Lipinski definition) is 5. The largest absolute Gasteiger partial charge is 0.477 e. The molecule has 2 aromatic heterocycles. The molecule has 1 aromatic carbocycles. The molecule has 0 bridgehead atoms. The number of fused-ring (bicyclic) bond motifs is 1. The van der Waals surface area contributed by atoms with Gasteiger partial charge in [-0.2, -0.15) is 0 Å². The molecule has 0 atom stereocenters. The summed E-state index contributed by atoms with van der Waals surface area (Å²) in [6.07, 6.45) is 6.49. The zero-order valence-electron chi connectivity index (χ0n) is 18.7. The van der Waals surface area contributed by atoms with Gasteiger partial charge in [0.2, 0.25) is 5.43 Å². The van der Waals surface area contributed by atoms with Gasteiger partial charge >= 0.3 is 5.97 Å². The second-order valence-corrected chi connectivity index (χ2v) is 9.92. The van der Waals surface area contributed by atoms with Gasteiger partial charge in [0.1, 0.15) is 11.4 Å². The Morgan fingerprint density at radius 3 is 2.59 bits per heavy atom. The lowest BCUT2D eigenvalue weighted by atomic mass is 10.1. The Morgan fingerprint density at radius 1 is 1.18 bits per heavy atom. The second-order valence-electron chi connectivity index (χ2n) is 8.97. The van der Waals surface area contributed by atoms with Crippen LogP contribution in [0.4, 0.5) is 10.1 Å². The molecule has 3 heterocycles. The molecule has 178 valence electrons. The molecule has 3 aromatic rings. The zero-order valence-corrected chi connectivity index (χ0v) is 19.5. The zero-order chi connectivity index (χ0) is 23.8. The van der Waals surface area contributed by atoms with E-state index in [4.69, 9.17) is 0 Å². The van der Waals surface area contributed by atoms with Crippen molar-refractivity contribution in [2.24, 2.45) is 0 Å². The Kier molecular flexibility index (Phi) is 6.22. The Labute approximate surface area is 200 Å². The summed E-state index contributed by atoms with van der Waals surface area (Å²) in [6.45, 7) is 2.86. The summed E-state index contributed by atoms with van der Waals surface area (Å²) < 4.78 is 17.3. The highest BCUT2D eigenvalue weighted by Gasteiger charge is 2.29. The van der Waals surface area contributed by atoms with Crippen molar-refractivity contribution in [3.8, 4) is 0 Å². The SMILES string of the molecule is O=C(O)c1cn(C2CC2)c2cc(N(CCN3CCCCC3)C(=O)c3cccs3)c(F)cc2c1=O. The smallest absolute Gasteiger partial charge is 0.341 e. The standard InChI is InChI=1S/C25H26FN3O4S/c26-19-13-17-20(29(16-6-7-16)15-18(23(17)30)25(32)33)14-21(19)28(24(31)22-5-4-12-34-22)11-10-27-8-2-1-3-9-27/h4-5,12-16H,1-3,6-11H2,(H,32,33). The Balaban J connectivity index is 1.60. The van der Waals surface area contributed by atoms with Crippen molar-refractivity contribution < 1.29 is 19.1 Å². The van der Waals surface area contributed by atoms with Crippen LogP contribution in [-0.2, 0) is 0 Å². The Bertz CT molecular complexity index is 1290. The number of carboxylic acid groups (broad SMARTS) is 1. The maximum Gasteiger partial charge on any atom is 0.341 e. The van der Waals surface area contributed by atoms with Gasteiger partial charge < -0.3 is 19.5 Å². The third kappa shape index (κ3) is 4.37. The van der Waals surface area contributed by atoms with Crippen LogP contribution in [-0.4, -0.2) is 52.6 Å². The van der Waals surface area contributed by atoms with Crippen molar-refractivity contribution in [2.75, 3.05) is 31.1 Å². The molecule has 5 rings (SSSR count). The molecule has 9 heteroatoms. The monoisotopic (exact) mass is 483 g/mol. The summed E-state index contributed by atoms with van der Waals surface area (Å²) in [7, 11) is 0. The molecule has 7 nitrogen and oxygen atoms in total. The van der Waals surface area contributed by atoms with Gasteiger partial charge in [-0.05, 0) is 62.4 Å². The number of carbonyl (C=O) groups is 2. The number of pyridine rings is 1. The minimum atomic E-state index is -1.33. The van der Waals surface area contributed by atoms with Crippen LogP contribution in [0.1, 0.15) is 58.2 Å². The van der Waals surface area contributed by atoms with Crippen molar-refractivity contribution in [3.05, 3.63) is 62.3 Å². The van der Waals surface area contributed by atoms with E-state index < -0.39 is 17.2 Å². The summed E-state index contributed by atoms with van der Waals surface area (Å²) in [5.74, 6) is -2.33. The van der Waals surface area contributed by atoms with Gasteiger partial charge in [-0.3, -0.25) is 9.59 Å². The van der Waals surface area contributed by atoms with E-state index in [1.807, 2.05) is 5.38 Å². The van der Waals surface area contributed by atoms with Crippen LogP contribution in [0.25, 0.3) is 10.9 Å². The van der Waals surface area contributed by atoms with E-state index in [9.17, 15) is 19.5 Å². The van der Waals surface area contributed by atoms with Crippen molar-refractivity contribution in [1.29, 1.82) is 0 Å². The molecule has 1 aliphatic carbocycles. The molecule has 2 aliphatic rings. The number of thiophene rings is 1. The number of carboxylic acids is 1. The topological polar surface area (TPSA) is 82.8 Å². The molecule has 0 spiro atoms. The molecule has 1 saturated carbocycles. The first-order chi connectivity index (χ1) is 16.4. The van der Waals surface area contributed by atoms with Crippen molar-refractivity contribution in [2.45, 2.75) is 38.1 Å². The van der Waals surface area contributed by atoms with Crippen LogP contribution < -0.4 is 10.3 Å². The fourth-order valence-corrected chi connectivity index (χ4v) is 5.33. The normalized spacial score (nSPS) is 16.6. The third-order valence-electron chi connectivity index (χ3n) is 6.63. The molecule has 1 N–H and O–H groups in total. The first kappa shape index (κ1) is 22.7. The predicted octanol–water partition coefficient (Wildman–Crippen LogP) is 4.37. The Hall–Kier alpha value is -3.04. The first-order valence-corrected chi connectivity index (χ1v) is 12.5. The molecule has 0 unspecified atom stereocenters.